The van der Waals surface area contributed by atoms with Gasteiger partial charge in [0.25, 0.3) is 0 Å². The highest BCUT2D eigenvalue weighted by Gasteiger charge is 2.38. The molecular formula is C10H17N3O. The molecule has 3 fully saturated rings. The van der Waals surface area contributed by atoms with Crippen molar-refractivity contribution in [3.05, 3.63) is 0 Å². The Hall–Kier alpha value is -0.610. The number of rotatable bonds is 1. The quantitative estimate of drug-likeness (QED) is 0.599. The topological polar surface area (TPSA) is 35.6 Å². The number of fused-ring (bicyclic) bond motifs is 1. The van der Waals surface area contributed by atoms with Gasteiger partial charge < -0.3 is 10.2 Å². The van der Waals surface area contributed by atoms with Crippen LogP contribution in [0, 0.1) is 0 Å². The van der Waals surface area contributed by atoms with E-state index in [0.717, 1.165) is 51.6 Å². The maximum atomic E-state index is 11.5. The summed E-state index contributed by atoms with van der Waals surface area (Å²) in [5, 5.41) is 3.30. The molecule has 3 heterocycles. The molecule has 0 bridgehead atoms. The van der Waals surface area contributed by atoms with E-state index in [1.807, 2.05) is 0 Å². The summed E-state index contributed by atoms with van der Waals surface area (Å²) in [5.74, 6) is 0.376. The van der Waals surface area contributed by atoms with Crippen LogP contribution >= 0.6 is 0 Å². The summed E-state index contributed by atoms with van der Waals surface area (Å²) in [6, 6.07) is 1.27. The molecule has 0 aliphatic carbocycles. The minimum absolute atomic E-state index is 0.376. The van der Waals surface area contributed by atoms with Gasteiger partial charge in [-0.05, 0) is 6.42 Å². The van der Waals surface area contributed by atoms with Crippen molar-refractivity contribution in [1.29, 1.82) is 0 Å². The first-order chi connectivity index (χ1) is 6.84. The molecule has 0 spiro atoms. The van der Waals surface area contributed by atoms with E-state index in [-0.39, 0.29) is 0 Å². The molecule has 1 amide bonds. The minimum atomic E-state index is 0.376. The number of carbonyl (C=O) groups is 1. The summed E-state index contributed by atoms with van der Waals surface area (Å²) in [6.07, 6.45) is 1.86. The van der Waals surface area contributed by atoms with Crippen molar-refractivity contribution in [2.45, 2.75) is 24.9 Å². The lowest BCUT2D eigenvalue weighted by Gasteiger charge is -2.45. The van der Waals surface area contributed by atoms with Crippen LogP contribution in [-0.2, 0) is 4.79 Å². The van der Waals surface area contributed by atoms with Gasteiger partial charge in [-0.15, -0.1) is 0 Å². The summed E-state index contributed by atoms with van der Waals surface area (Å²) < 4.78 is 0. The Morgan fingerprint density at radius 1 is 1.21 bits per heavy atom. The molecule has 0 radical (unpaired) electrons. The monoisotopic (exact) mass is 195 g/mol. The second kappa shape index (κ2) is 3.21. The summed E-state index contributed by atoms with van der Waals surface area (Å²) in [4.78, 5) is 16.1. The molecular weight excluding hydrogens is 178 g/mol. The zero-order valence-electron chi connectivity index (χ0n) is 8.41. The van der Waals surface area contributed by atoms with Crippen LogP contribution in [0.3, 0.4) is 0 Å². The number of hydrogen-bond donors (Lipinski definition) is 1. The summed E-state index contributed by atoms with van der Waals surface area (Å²) in [6.45, 7) is 5.42. The number of carbonyl (C=O) groups excluding carboxylic acids is 1. The van der Waals surface area contributed by atoms with Gasteiger partial charge in [0, 0.05) is 51.2 Å². The number of amides is 1. The van der Waals surface area contributed by atoms with Gasteiger partial charge in [0.05, 0.1) is 0 Å². The second-order valence-corrected chi connectivity index (χ2v) is 4.59. The lowest BCUT2D eigenvalue weighted by molar-refractivity contribution is -0.131. The molecule has 1 atom stereocenters. The van der Waals surface area contributed by atoms with Gasteiger partial charge >= 0.3 is 0 Å². The van der Waals surface area contributed by atoms with Gasteiger partial charge in [0.1, 0.15) is 0 Å². The van der Waals surface area contributed by atoms with Gasteiger partial charge in [0.2, 0.25) is 5.91 Å². The molecule has 3 aliphatic rings. The molecule has 1 N–H and O–H groups in total. The Balaban J connectivity index is 1.64. The smallest absolute Gasteiger partial charge is 0.222 e. The highest BCUT2D eigenvalue weighted by atomic mass is 16.2. The van der Waals surface area contributed by atoms with Gasteiger partial charge in [-0.1, -0.05) is 0 Å². The lowest BCUT2D eigenvalue weighted by Crippen LogP contribution is -2.63. The molecule has 0 aromatic carbocycles. The third kappa shape index (κ3) is 1.25. The van der Waals surface area contributed by atoms with Crippen LogP contribution in [0.5, 0.6) is 0 Å². The van der Waals surface area contributed by atoms with E-state index in [9.17, 15) is 4.79 Å². The number of piperazine rings is 1. The molecule has 14 heavy (non-hydrogen) atoms. The lowest BCUT2D eigenvalue weighted by atomic mass is 10.1. The summed E-state index contributed by atoms with van der Waals surface area (Å²) in [5.41, 5.74) is 0. The van der Waals surface area contributed by atoms with Gasteiger partial charge in [-0.2, -0.15) is 0 Å². The Morgan fingerprint density at radius 2 is 2.07 bits per heavy atom. The Morgan fingerprint density at radius 3 is 2.79 bits per heavy atom. The first-order valence-corrected chi connectivity index (χ1v) is 5.59. The minimum Gasteiger partial charge on any atom is -0.337 e. The molecule has 4 heteroatoms. The van der Waals surface area contributed by atoms with Gasteiger partial charge in [-0.25, -0.2) is 0 Å². The fraction of sp³-hybridized carbons (Fsp3) is 0.900. The van der Waals surface area contributed by atoms with Crippen LogP contribution in [0.15, 0.2) is 0 Å². The summed E-state index contributed by atoms with van der Waals surface area (Å²) in [7, 11) is 0. The average molecular weight is 195 g/mol. The van der Waals surface area contributed by atoms with Crippen LogP contribution in [0.1, 0.15) is 12.8 Å². The van der Waals surface area contributed by atoms with E-state index in [0.29, 0.717) is 11.9 Å². The van der Waals surface area contributed by atoms with Crippen molar-refractivity contribution in [3.63, 3.8) is 0 Å². The van der Waals surface area contributed by atoms with E-state index in [4.69, 9.17) is 0 Å². The Bertz CT molecular complexity index is 252. The van der Waals surface area contributed by atoms with Crippen LogP contribution in [-0.4, -0.2) is 60.5 Å². The predicted molar refractivity (Wildman–Crippen MR) is 53.0 cm³/mol. The first-order valence-electron chi connectivity index (χ1n) is 5.59. The molecule has 3 saturated heterocycles. The van der Waals surface area contributed by atoms with E-state index in [1.165, 1.54) is 0 Å². The van der Waals surface area contributed by atoms with E-state index in [2.05, 4.69) is 15.1 Å². The van der Waals surface area contributed by atoms with Gasteiger partial charge in [-0.3, -0.25) is 9.69 Å². The maximum absolute atomic E-state index is 11.5. The zero-order chi connectivity index (χ0) is 9.54. The fourth-order valence-corrected chi connectivity index (χ4v) is 2.75. The van der Waals surface area contributed by atoms with E-state index in [1.54, 1.807) is 0 Å². The number of nitrogens with one attached hydrogen (secondary N) is 1. The highest BCUT2D eigenvalue weighted by Crippen LogP contribution is 2.24. The molecule has 0 aromatic rings. The van der Waals surface area contributed by atoms with Crippen LogP contribution in [0.2, 0.25) is 0 Å². The second-order valence-electron chi connectivity index (χ2n) is 4.59. The van der Waals surface area contributed by atoms with Crippen LogP contribution in [0.4, 0.5) is 0 Å². The van der Waals surface area contributed by atoms with Crippen molar-refractivity contribution in [1.82, 2.24) is 15.1 Å². The SMILES string of the molecule is O=C1CCC2CN(C3CNC3)CCN12. The largest absolute Gasteiger partial charge is 0.337 e. The number of hydrogen-bond acceptors (Lipinski definition) is 3. The molecule has 1 unspecified atom stereocenters. The zero-order valence-corrected chi connectivity index (χ0v) is 8.41. The van der Waals surface area contributed by atoms with Crippen molar-refractivity contribution in [2.24, 2.45) is 0 Å². The molecule has 3 rings (SSSR count). The molecule has 4 nitrogen and oxygen atoms in total. The average Bonchev–Trinajstić information content (AvgIpc) is 2.45. The van der Waals surface area contributed by atoms with Gasteiger partial charge in [0.15, 0.2) is 0 Å². The van der Waals surface area contributed by atoms with Crippen molar-refractivity contribution in [3.8, 4) is 0 Å². The van der Waals surface area contributed by atoms with E-state index < -0.39 is 0 Å². The highest BCUT2D eigenvalue weighted by molar-refractivity contribution is 5.78. The third-order valence-electron chi connectivity index (χ3n) is 3.80. The number of nitrogens with zero attached hydrogens (tertiary/aromatic N) is 2. The fourth-order valence-electron chi connectivity index (χ4n) is 2.75. The van der Waals surface area contributed by atoms with Crippen LogP contribution < -0.4 is 5.32 Å². The molecule has 78 valence electrons. The summed E-state index contributed by atoms with van der Waals surface area (Å²) >= 11 is 0. The van der Waals surface area contributed by atoms with Crippen molar-refractivity contribution in [2.75, 3.05) is 32.7 Å². The maximum Gasteiger partial charge on any atom is 0.222 e. The van der Waals surface area contributed by atoms with Crippen LogP contribution in [0.25, 0.3) is 0 Å². The predicted octanol–water partition coefficient (Wildman–Crippen LogP) is -0.735. The Labute approximate surface area is 84.2 Å². The standard InChI is InChI=1S/C10H17N3O/c14-10-2-1-8-7-12(3-4-13(8)10)9-5-11-6-9/h8-9,11H,1-7H2. The normalized spacial score (nSPS) is 34.4. The third-order valence-corrected chi connectivity index (χ3v) is 3.80. The van der Waals surface area contributed by atoms with Crippen molar-refractivity contribution >= 4 is 5.91 Å². The molecule has 0 aromatic heterocycles. The molecule has 3 aliphatic heterocycles. The molecule has 0 saturated carbocycles. The van der Waals surface area contributed by atoms with Crippen molar-refractivity contribution < 1.29 is 4.79 Å². The van der Waals surface area contributed by atoms with E-state index >= 15 is 0 Å². The first kappa shape index (κ1) is 8.68. The Kier molecular flexibility index (Phi) is 1.99.